The first-order chi connectivity index (χ1) is 5.77. The van der Waals surface area contributed by atoms with Crippen LogP contribution in [0, 0.1) is 0 Å². The third-order valence-corrected chi connectivity index (χ3v) is 2.50. The second-order valence-corrected chi connectivity index (χ2v) is 3.52. The maximum Gasteiger partial charge on any atom is 0.102 e. The van der Waals surface area contributed by atoms with Crippen LogP contribution in [0.15, 0.2) is 0 Å². The van der Waals surface area contributed by atoms with Crippen LogP contribution in [0.25, 0.3) is 0 Å². The number of likely N-dealkylation sites (tertiary alicyclic amines) is 1. The predicted octanol–water partition coefficient (Wildman–Crippen LogP) is 1.19. The van der Waals surface area contributed by atoms with E-state index in [9.17, 15) is 9.50 Å². The Bertz CT molecular complexity index is 118. The topological polar surface area (TPSA) is 23.5 Å². The molecule has 0 aromatic heterocycles. The number of alkyl halides is 1. The van der Waals surface area contributed by atoms with E-state index < -0.39 is 0 Å². The Labute approximate surface area is 73.4 Å². The minimum absolute atomic E-state index is 0.229. The lowest BCUT2D eigenvalue weighted by atomic mass is 10.1. The number of aliphatic hydroxyl groups excluding tert-OH is 1. The summed E-state index contributed by atoms with van der Waals surface area (Å²) in [5.74, 6) is 0. The van der Waals surface area contributed by atoms with Crippen molar-refractivity contribution in [2.45, 2.75) is 38.3 Å². The zero-order chi connectivity index (χ0) is 8.97. The summed E-state index contributed by atoms with van der Waals surface area (Å²) in [6.45, 7) is 2.97. The van der Waals surface area contributed by atoms with Crippen molar-refractivity contribution < 1.29 is 9.50 Å². The van der Waals surface area contributed by atoms with Gasteiger partial charge in [-0.25, -0.2) is 4.39 Å². The molecule has 0 unspecified atom stereocenters. The highest BCUT2D eigenvalue weighted by Gasteiger charge is 2.29. The average Bonchev–Trinajstić information content (AvgIpc) is 2.33. The average molecular weight is 175 g/mol. The molecule has 2 nitrogen and oxygen atoms in total. The molecule has 1 N–H and O–H groups in total. The molecule has 0 aromatic carbocycles. The highest BCUT2D eigenvalue weighted by Crippen LogP contribution is 2.21. The molecule has 1 rings (SSSR count). The summed E-state index contributed by atoms with van der Waals surface area (Å²) in [6, 6.07) is 0.417. The second kappa shape index (κ2) is 4.77. The highest BCUT2D eigenvalue weighted by molar-refractivity contribution is 4.84. The fourth-order valence-corrected chi connectivity index (χ4v) is 1.97. The maximum atomic E-state index is 12.1. The summed E-state index contributed by atoms with van der Waals surface area (Å²) in [5.41, 5.74) is 0. The third kappa shape index (κ3) is 2.42. The van der Waals surface area contributed by atoms with Crippen LogP contribution in [0.3, 0.4) is 0 Å². The molecule has 1 fully saturated rings. The maximum absolute atomic E-state index is 12.1. The number of aliphatic hydroxyl groups is 1. The van der Waals surface area contributed by atoms with Crippen molar-refractivity contribution in [3.05, 3.63) is 0 Å². The highest BCUT2D eigenvalue weighted by atomic mass is 19.1. The molecule has 12 heavy (non-hydrogen) atoms. The third-order valence-electron chi connectivity index (χ3n) is 2.50. The lowest BCUT2D eigenvalue weighted by molar-refractivity contribution is 0.170. The molecule has 0 bridgehead atoms. The van der Waals surface area contributed by atoms with Crippen molar-refractivity contribution >= 4 is 0 Å². The monoisotopic (exact) mass is 175 g/mol. The van der Waals surface area contributed by atoms with Crippen LogP contribution in [-0.4, -0.2) is 41.9 Å². The predicted molar refractivity (Wildman–Crippen MR) is 46.9 cm³/mol. The standard InChI is InChI=1S/C9H18FNO/c1-2-3-8-6-9(12)7-11(8)5-4-10/h8-9,12H,2-7H2,1H3/t8-,9+/m0/s1. The van der Waals surface area contributed by atoms with E-state index in [1.165, 1.54) is 0 Å². The molecule has 0 saturated carbocycles. The van der Waals surface area contributed by atoms with E-state index >= 15 is 0 Å². The Morgan fingerprint density at radius 2 is 2.33 bits per heavy atom. The Hall–Kier alpha value is -0.150. The van der Waals surface area contributed by atoms with Gasteiger partial charge in [-0.05, 0) is 12.8 Å². The van der Waals surface area contributed by atoms with Crippen molar-refractivity contribution in [1.82, 2.24) is 4.90 Å². The SMILES string of the molecule is CCC[C@H]1C[C@@H](O)CN1CCF. The fourth-order valence-electron chi connectivity index (χ4n) is 1.97. The molecule has 3 heteroatoms. The Kier molecular flexibility index (Phi) is 3.95. The Balaban J connectivity index is 2.36. The molecule has 0 spiro atoms. The van der Waals surface area contributed by atoms with Crippen molar-refractivity contribution in [3.8, 4) is 0 Å². The summed E-state index contributed by atoms with van der Waals surface area (Å²) in [7, 11) is 0. The van der Waals surface area contributed by atoms with Crippen LogP contribution in [0.2, 0.25) is 0 Å². The van der Waals surface area contributed by atoms with E-state index in [2.05, 4.69) is 11.8 Å². The largest absolute Gasteiger partial charge is 0.392 e. The number of β-amino-alcohol motifs (C(OH)–C–C–N with tert-alkyl or cyclic N) is 1. The van der Waals surface area contributed by atoms with Crippen molar-refractivity contribution in [2.24, 2.45) is 0 Å². The van der Waals surface area contributed by atoms with Gasteiger partial charge in [-0.3, -0.25) is 4.90 Å². The van der Waals surface area contributed by atoms with Gasteiger partial charge in [0.15, 0.2) is 0 Å². The van der Waals surface area contributed by atoms with E-state index in [1.54, 1.807) is 0 Å². The van der Waals surface area contributed by atoms with E-state index in [1.807, 2.05) is 0 Å². The zero-order valence-electron chi connectivity index (χ0n) is 7.67. The van der Waals surface area contributed by atoms with Crippen LogP contribution in [0.1, 0.15) is 26.2 Å². The van der Waals surface area contributed by atoms with Gasteiger partial charge in [-0.2, -0.15) is 0 Å². The van der Waals surface area contributed by atoms with Crippen molar-refractivity contribution in [1.29, 1.82) is 0 Å². The molecule has 0 radical (unpaired) electrons. The molecule has 2 atom stereocenters. The second-order valence-electron chi connectivity index (χ2n) is 3.52. The fraction of sp³-hybridized carbons (Fsp3) is 1.00. The van der Waals surface area contributed by atoms with Gasteiger partial charge in [-0.15, -0.1) is 0 Å². The molecule has 1 aliphatic heterocycles. The summed E-state index contributed by atoms with van der Waals surface area (Å²) >= 11 is 0. The Morgan fingerprint density at radius 3 is 2.92 bits per heavy atom. The molecule has 0 amide bonds. The van der Waals surface area contributed by atoms with E-state index in [0.29, 0.717) is 19.1 Å². The van der Waals surface area contributed by atoms with Crippen LogP contribution in [0.5, 0.6) is 0 Å². The van der Waals surface area contributed by atoms with Gasteiger partial charge in [0.05, 0.1) is 6.10 Å². The minimum Gasteiger partial charge on any atom is -0.392 e. The van der Waals surface area contributed by atoms with Crippen LogP contribution in [0.4, 0.5) is 4.39 Å². The normalized spacial score (nSPS) is 31.2. The van der Waals surface area contributed by atoms with Gasteiger partial charge in [-0.1, -0.05) is 13.3 Å². The van der Waals surface area contributed by atoms with E-state index in [0.717, 1.165) is 19.3 Å². The van der Waals surface area contributed by atoms with Crippen molar-refractivity contribution in [2.75, 3.05) is 19.8 Å². The number of rotatable bonds is 4. The molecule has 72 valence electrons. The van der Waals surface area contributed by atoms with Crippen molar-refractivity contribution in [3.63, 3.8) is 0 Å². The summed E-state index contributed by atoms with van der Waals surface area (Å²) in [5, 5.41) is 9.36. The van der Waals surface area contributed by atoms with Gasteiger partial charge in [0, 0.05) is 19.1 Å². The van der Waals surface area contributed by atoms with Gasteiger partial charge in [0.1, 0.15) is 6.67 Å². The first-order valence-corrected chi connectivity index (χ1v) is 4.76. The lowest BCUT2D eigenvalue weighted by Crippen LogP contribution is -2.31. The smallest absolute Gasteiger partial charge is 0.102 e. The first kappa shape index (κ1) is 9.93. The Morgan fingerprint density at radius 1 is 1.58 bits per heavy atom. The van der Waals surface area contributed by atoms with Gasteiger partial charge in [0.2, 0.25) is 0 Å². The van der Waals surface area contributed by atoms with Crippen LogP contribution < -0.4 is 0 Å². The molecule has 1 saturated heterocycles. The summed E-state index contributed by atoms with van der Waals surface area (Å²) in [4.78, 5) is 2.06. The lowest BCUT2D eigenvalue weighted by Gasteiger charge is -2.21. The first-order valence-electron chi connectivity index (χ1n) is 4.76. The van der Waals surface area contributed by atoms with Gasteiger partial charge < -0.3 is 5.11 Å². The van der Waals surface area contributed by atoms with Crippen LogP contribution >= 0.6 is 0 Å². The molecular formula is C9H18FNO. The minimum atomic E-state index is -0.299. The number of hydrogen-bond acceptors (Lipinski definition) is 2. The molecule has 0 aromatic rings. The number of hydrogen-bond donors (Lipinski definition) is 1. The molecule has 1 heterocycles. The molecule has 1 aliphatic rings. The van der Waals surface area contributed by atoms with Crippen LogP contribution in [-0.2, 0) is 0 Å². The van der Waals surface area contributed by atoms with E-state index in [4.69, 9.17) is 0 Å². The molecular weight excluding hydrogens is 157 g/mol. The number of halogens is 1. The summed E-state index contributed by atoms with van der Waals surface area (Å²) < 4.78 is 12.1. The van der Waals surface area contributed by atoms with E-state index in [-0.39, 0.29) is 12.8 Å². The zero-order valence-corrected chi connectivity index (χ0v) is 7.67. The summed E-state index contributed by atoms with van der Waals surface area (Å²) in [6.07, 6.45) is 2.79. The number of nitrogens with zero attached hydrogens (tertiary/aromatic N) is 1. The molecule has 0 aliphatic carbocycles. The van der Waals surface area contributed by atoms with Gasteiger partial charge >= 0.3 is 0 Å². The quantitative estimate of drug-likeness (QED) is 0.693. The van der Waals surface area contributed by atoms with Gasteiger partial charge in [0.25, 0.3) is 0 Å².